The lowest BCUT2D eigenvalue weighted by molar-refractivity contribution is 0.102. The molecule has 1 amide bonds. The number of hydrogen-bond acceptors (Lipinski definition) is 3. The number of carbonyl (C=O) groups excluding carboxylic acids is 1. The first kappa shape index (κ1) is 16.8. The molecular weight excluding hydrogens is 348 g/mol. The summed E-state index contributed by atoms with van der Waals surface area (Å²) >= 11 is 5.82. The highest BCUT2D eigenvalue weighted by Crippen LogP contribution is 2.26. The first-order valence-electron chi connectivity index (χ1n) is 7.63. The second-order valence-corrected chi connectivity index (χ2v) is 8.06. The predicted molar refractivity (Wildman–Crippen MR) is 96.2 cm³/mol. The second-order valence-electron chi connectivity index (χ2n) is 5.61. The Hall–Kier alpha value is -2.05. The molecule has 3 rings (SSSR count). The number of halogens is 1. The molecule has 126 valence electrons. The van der Waals surface area contributed by atoms with Crippen molar-refractivity contribution in [3.8, 4) is 0 Å². The Morgan fingerprint density at radius 3 is 2.54 bits per heavy atom. The normalized spacial score (nSPS) is 16.6. The molecule has 0 spiro atoms. The van der Waals surface area contributed by atoms with Crippen LogP contribution in [0.25, 0.3) is 0 Å². The fourth-order valence-electron chi connectivity index (χ4n) is 2.62. The van der Waals surface area contributed by atoms with Crippen molar-refractivity contribution in [1.82, 2.24) is 0 Å². The number of nitrogens with one attached hydrogen (secondary N) is 1. The van der Waals surface area contributed by atoms with Crippen LogP contribution < -0.4 is 9.62 Å². The van der Waals surface area contributed by atoms with Crippen molar-refractivity contribution in [2.24, 2.45) is 0 Å². The molecule has 0 bridgehead atoms. The van der Waals surface area contributed by atoms with Gasteiger partial charge in [-0.15, -0.1) is 0 Å². The molecule has 1 fully saturated rings. The predicted octanol–water partition coefficient (Wildman–Crippen LogP) is 3.52. The summed E-state index contributed by atoms with van der Waals surface area (Å²) in [4.78, 5) is 12.3. The summed E-state index contributed by atoms with van der Waals surface area (Å²) in [5.41, 5.74) is 1.60. The molecule has 7 heteroatoms. The monoisotopic (exact) mass is 364 g/mol. The lowest BCUT2D eigenvalue weighted by Gasteiger charge is -2.28. The quantitative estimate of drug-likeness (QED) is 0.906. The van der Waals surface area contributed by atoms with Gasteiger partial charge in [0.15, 0.2) is 0 Å². The van der Waals surface area contributed by atoms with E-state index in [9.17, 15) is 13.2 Å². The van der Waals surface area contributed by atoms with Crippen LogP contribution in [0.1, 0.15) is 23.2 Å². The van der Waals surface area contributed by atoms with Crippen molar-refractivity contribution >= 4 is 38.9 Å². The van der Waals surface area contributed by atoms with Gasteiger partial charge in [-0.25, -0.2) is 8.42 Å². The van der Waals surface area contributed by atoms with Crippen molar-refractivity contribution in [3.63, 3.8) is 0 Å². The third-order valence-corrected chi connectivity index (χ3v) is 5.97. The van der Waals surface area contributed by atoms with Crippen LogP contribution in [0.3, 0.4) is 0 Å². The number of amides is 1. The van der Waals surface area contributed by atoms with Crippen LogP contribution in [0.2, 0.25) is 5.02 Å². The summed E-state index contributed by atoms with van der Waals surface area (Å²) in [5.74, 6) is -0.112. The minimum Gasteiger partial charge on any atom is -0.322 e. The van der Waals surface area contributed by atoms with Gasteiger partial charge in [0, 0.05) is 22.8 Å². The van der Waals surface area contributed by atoms with Crippen molar-refractivity contribution in [2.45, 2.75) is 12.8 Å². The van der Waals surface area contributed by atoms with E-state index in [1.165, 1.54) is 4.31 Å². The summed E-state index contributed by atoms with van der Waals surface area (Å²) in [6.07, 6.45) is 1.52. The Balaban J connectivity index is 1.80. The van der Waals surface area contributed by atoms with Crippen molar-refractivity contribution < 1.29 is 13.2 Å². The van der Waals surface area contributed by atoms with Gasteiger partial charge in [0.05, 0.1) is 11.4 Å². The minimum absolute atomic E-state index is 0.161. The average Bonchev–Trinajstić information content (AvgIpc) is 2.55. The first-order chi connectivity index (χ1) is 11.5. The van der Waals surface area contributed by atoms with Gasteiger partial charge in [-0.1, -0.05) is 17.7 Å². The van der Waals surface area contributed by atoms with Crippen LogP contribution in [-0.2, 0) is 10.0 Å². The zero-order valence-corrected chi connectivity index (χ0v) is 14.5. The zero-order chi connectivity index (χ0) is 17.2. The van der Waals surface area contributed by atoms with Gasteiger partial charge in [0.1, 0.15) is 0 Å². The summed E-state index contributed by atoms with van der Waals surface area (Å²) in [6, 6.07) is 13.4. The SMILES string of the molecule is O=C(Nc1cccc(N2CCCCS2(=O)=O)c1)c1ccc(Cl)cc1. The van der Waals surface area contributed by atoms with E-state index in [1.54, 1.807) is 48.5 Å². The number of benzene rings is 2. The smallest absolute Gasteiger partial charge is 0.255 e. The average molecular weight is 365 g/mol. The summed E-state index contributed by atoms with van der Waals surface area (Å²) < 4.78 is 25.8. The lowest BCUT2D eigenvalue weighted by atomic mass is 10.2. The van der Waals surface area contributed by atoms with E-state index in [0.717, 1.165) is 6.42 Å². The third-order valence-electron chi connectivity index (χ3n) is 3.85. The summed E-state index contributed by atoms with van der Waals surface area (Å²) in [7, 11) is -3.27. The highest BCUT2D eigenvalue weighted by Gasteiger charge is 2.26. The maximum Gasteiger partial charge on any atom is 0.255 e. The Morgan fingerprint density at radius 2 is 1.83 bits per heavy atom. The highest BCUT2D eigenvalue weighted by molar-refractivity contribution is 7.92. The molecule has 1 aliphatic heterocycles. The molecule has 2 aromatic carbocycles. The summed E-state index contributed by atoms with van der Waals surface area (Å²) in [5, 5.41) is 3.34. The van der Waals surface area contributed by atoms with Crippen molar-refractivity contribution in [1.29, 1.82) is 0 Å². The molecule has 2 aromatic rings. The van der Waals surface area contributed by atoms with E-state index in [1.807, 2.05) is 0 Å². The van der Waals surface area contributed by atoms with Gasteiger partial charge in [0.2, 0.25) is 10.0 Å². The third kappa shape index (κ3) is 3.71. The van der Waals surface area contributed by atoms with Crippen LogP contribution in [-0.4, -0.2) is 26.6 Å². The van der Waals surface area contributed by atoms with E-state index < -0.39 is 10.0 Å². The van der Waals surface area contributed by atoms with E-state index in [4.69, 9.17) is 11.6 Å². The molecule has 0 aromatic heterocycles. The molecule has 1 N–H and O–H groups in total. The van der Waals surface area contributed by atoms with Crippen molar-refractivity contribution in [2.75, 3.05) is 21.9 Å². The van der Waals surface area contributed by atoms with Gasteiger partial charge in [0.25, 0.3) is 5.91 Å². The van der Waals surface area contributed by atoms with Crippen LogP contribution >= 0.6 is 11.6 Å². The molecule has 0 saturated carbocycles. The fraction of sp³-hybridized carbons (Fsp3) is 0.235. The van der Waals surface area contributed by atoms with Crippen LogP contribution in [0.4, 0.5) is 11.4 Å². The molecule has 0 unspecified atom stereocenters. The standard InChI is InChI=1S/C17H17ClN2O3S/c18-14-8-6-13(7-9-14)17(21)19-15-4-3-5-16(12-15)20-10-1-2-11-24(20,22)23/h3-9,12H,1-2,10-11H2,(H,19,21). The Kier molecular flexibility index (Phi) is 4.78. The molecule has 1 aliphatic rings. The van der Waals surface area contributed by atoms with E-state index in [2.05, 4.69) is 5.32 Å². The van der Waals surface area contributed by atoms with E-state index in [0.29, 0.717) is 34.9 Å². The topological polar surface area (TPSA) is 66.5 Å². The lowest BCUT2D eigenvalue weighted by Crippen LogP contribution is -2.37. The number of anilines is 2. The van der Waals surface area contributed by atoms with Gasteiger partial charge in [-0.2, -0.15) is 0 Å². The zero-order valence-electron chi connectivity index (χ0n) is 12.9. The maximum absolute atomic E-state index is 12.3. The number of hydrogen-bond donors (Lipinski definition) is 1. The molecule has 24 heavy (non-hydrogen) atoms. The molecule has 0 aliphatic carbocycles. The molecular formula is C17H17ClN2O3S. The first-order valence-corrected chi connectivity index (χ1v) is 9.62. The Labute approximate surface area is 146 Å². The Morgan fingerprint density at radius 1 is 1.08 bits per heavy atom. The second kappa shape index (κ2) is 6.83. The molecule has 5 nitrogen and oxygen atoms in total. The minimum atomic E-state index is -3.27. The van der Waals surface area contributed by atoms with Crippen molar-refractivity contribution in [3.05, 3.63) is 59.1 Å². The summed E-state index contributed by atoms with van der Waals surface area (Å²) in [6.45, 7) is 0.469. The van der Waals surface area contributed by atoms with Gasteiger partial charge >= 0.3 is 0 Å². The molecule has 0 radical (unpaired) electrons. The van der Waals surface area contributed by atoms with E-state index in [-0.39, 0.29) is 11.7 Å². The molecule has 1 heterocycles. The number of nitrogens with zero attached hydrogens (tertiary/aromatic N) is 1. The Bertz CT molecular complexity index is 850. The van der Waals surface area contributed by atoms with E-state index >= 15 is 0 Å². The maximum atomic E-state index is 12.3. The van der Waals surface area contributed by atoms with Gasteiger partial charge in [-0.05, 0) is 55.3 Å². The number of sulfonamides is 1. The number of rotatable bonds is 3. The largest absolute Gasteiger partial charge is 0.322 e. The number of carbonyl (C=O) groups is 1. The molecule has 1 saturated heterocycles. The van der Waals surface area contributed by atoms with Gasteiger partial charge in [-0.3, -0.25) is 9.10 Å². The highest BCUT2D eigenvalue weighted by atomic mass is 35.5. The van der Waals surface area contributed by atoms with Crippen LogP contribution in [0.15, 0.2) is 48.5 Å². The van der Waals surface area contributed by atoms with Crippen LogP contribution in [0, 0.1) is 0 Å². The van der Waals surface area contributed by atoms with Gasteiger partial charge < -0.3 is 5.32 Å². The fourth-order valence-corrected chi connectivity index (χ4v) is 4.38. The van der Waals surface area contributed by atoms with Crippen LogP contribution in [0.5, 0.6) is 0 Å². The molecule has 0 atom stereocenters.